The first-order valence-corrected chi connectivity index (χ1v) is 5.88. The Hall–Kier alpha value is -2.08. The Labute approximate surface area is 110 Å². The number of carboxylic acid groups (broad SMARTS) is 1. The van der Waals surface area contributed by atoms with E-state index in [1.165, 1.54) is 18.2 Å². The van der Waals surface area contributed by atoms with Crippen LogP contribution < -0.4 is 5.32 Å². The van der Waals surface area contributed by atoms with E-state index in [2.05, 4.69) is 5.32 Å². The van der Waals surface area contributed by atoms with Crippen molar-refractivity contribution in [3.63, 3.8) is 0 Å². The number of carbonyl (C=O) groups excluding carboxylic acids is 1. The molecule has 1 atom stereocenters. The van der Waals surface area contributed by atoms with Crippen molar-refractivity contribution in [2.24, 2.45) is 0 Å². The van der Waals surface area contributed by atoms with Gasteiger partial charge in [-0.15, -0.1) is 0 Å². The molecule has 1 amide bonds. The standard InChI is InChI=1S/C13H15NO5/c1-8-9(3-2-4-10(8)15)11(16)14-13(12(17)18)5-6-19-7-13/h2-4,15H,5-7H2,1H3,(H,14,16)(H,17,18). The lowest BCUT2D eigenvalue weighted by Crippen LogP contribution is -2.55. The second-order valence-electron chi connectivity index (χ2n) is 4.59. The molecule has 102 valence electrons. The summed E-state index contributed by atoms with van der Waals surface area (Å²) < 4.78 is 5.07. The van der Waals surface area contributed by atoms with Gasteiger partial charge in [-0.05, 0) is 19.1 Å². The SMILES string of the molecule is Cc1c(O)cccc1C(=O)NC1(C(=O)O)CCOC1. The number of phenolic OH excluding ortho intramolecular Hbond substituents is 1. The molecule has 0 aliphatic carbocycles. The van der Waals surface area contributed by atoms with Crippen LogP contribution in [0.15, 0.2) is 18.2 Å². The van der Waals surface area contributed by atoms with Crippen LogP contribution in [-0.4, -0.2) is 40.8 Å². The van der Waals surface area contributed by atoms with Gasteiger partial charge >= 0.3 is 5.97 Å². The van der Waals surface area contributed by atoms with E-state index >= 15 is 0 Å². The molecule has 1 aliphatic rings. The third-order valence-corrected chi connectivity index (χ3v) is 3.33. The molecule has 1 aromatic carbocycles. The molecule has 1 aromatic rings. The monoisotopic (exact) mass is 265 g/mol. The van der Waals surface area contributed by atoms with Gasteiger partial charge in [0, 0.05) is 24.2 Å². The predicted octanol–water partition coefficient (Wildman–Crippen LogP) is 0.674. The molecule has 1 unspecified atom stereocenters. The van der Waals surface area contributed by atoms with E-state index in [0.29, 0.717) is 12.2 Å². The average molecular weight is 265 g/mol. The number of rotatable bonds is 3. The quantitative estimate of drug-likeness (QED) is 0.746. The number of amides is 1. The summed E-state index contributed by atoms with van der Waals surface area (Å²) in [6.45, 7) is 1.85. The predicted molar refractivity (Wildman–Crippen MR) is 66.1 cm³/mol. The Morgan fingerprint density at radius 1 is 1.42 bits per heavy atom. The van der Waals surface area contributed by atoms with Gasteiger partial charge in [-0.1, -0.05) is 6.07 Å². The number of hydrogen-bond acceptors (Lipinski definition) is 4. The highest BCUT2D eigenvalue weighted by Gasteiger charge is 2.44. The summed E-state index contributed by atoms with van der Waals surface area (Å²) in [5.41, 5.74) is -0.707. The minimum Gasteiger partial charge on any atom is -0.508 e. The largest absolute Gasteiger partial charge is 0.508 e. The second kappa shape index (κ2) is 4.89. The number of carboxylic acids is 1. The topological polar surface area (TPSA) is 95.9 Å². The number of ether oxygens (including phenoxy) is 1. The molecule has 6 nitrogen and oxygen atoms in total. The lowest BCUT2D eigenvalue weighted by Gasteiger charge is -2.24. The molecule has 0 saturated carbocycles. The molecule has 19 heavy (non-hydrogen) atoms. The highest BCUT2D eigenvalue weighted by Crippen LogP contribution is 2.23. The molecule has 0 radical (unpaired) electrons. The zero-order valence-corrected chi connectivity index (χ0v) is 10.5. The van der Waals surface area contributed by atoms with Crippen LogP contribution in [0.2, 0.25) is 0 Å². The minimum absolute atomic E-state index is 0.000281. The van der Waals surface area contributed by atoms with Gasteiger partial charge in [0.25, 0.3) is 5.91 Å². The number of aliphatic carboxylic acids is 1. The van der Waals surface area contributed by atoms with Crippen LogP contribution in [0.5, 0.6) is 5.75 Å². The van der Waals surface area contributed by atoms with E-state index in [4.69, 9.17) is 4.74 Å². The van der Waals surface area contributed by atoms with Crippen LogP contribution in [0.1, 0.15) is 22.3 Å². The summed E-state index contributed by atoms with van der Waals surface area (Å²) >= 11 is 0. The van der Waals surface area contributed by atoms with Crippen LogP contribution in [0, 0.1) is 6.92 Å². The summed E-state index contributed by atoms with van der Waals surface area (Å²) in [6.07, 6.45) is 0.228. The molecule has 1 saturated heterocycles. The maximum absolute atomic E-state index is 12.1. The lowest BCUT2D eigenvalue weighted by molar-refractivity contribution is -0.144. The van der Waals surface area contributed by atoms with Gasteiger partial charge in [-0.25, -0.2) is 4.79 Å². The molecular weight excluding hydrogens is 250 g/mol. The third kappa shape index (κ3) is 2.39. The molecule has 2 rings (SSSR count). The van der Waals surface area contributed by atoms with Crippen molar-refractivity contribution >= 4 is 11.9 Å². The summed E-state index contributed by atoms with van der Waals surface area (Å²) in [7, 11) is 0. The van der Waals surface area contributed by atoms with E-state index < -0.39 is 17.4 Å². The fourth-order valence-corrected chi connectivity index (χ4v) is 2.04. The number of phenols is 1. The zero-order chi connectivity index (χ0) is 14.0. The van der Waals surface area contributed by atoms with E-state index in [1.54, 1.807) is 6.92 Å². The van der Waals surface area contributed by atoms with Crippen molar-refractivity contribution in [3.05, 3.63) is 29.3 Å². The lowest BCUT2D eigenvalue weighted by atomic mass is 9.97. The Morgan fingerprint density at radius 3 is 2.74 bits per heavy atom. The molecule has 0 aromatic heterocycles. The first-order valence-electron chi connectivity index (χ1n) is 5.88. The van der Waals surface area contributed by atoms with Crippen molar-refractivity contribution in [1.82, 2.24) is 5.32 Å². The Morgan fingerprint density at radius 2 is 2.16 bits per heavy atom. The Bertz CT molecular complexity index is 520. The first kappa shape index (κ1) is 13.4. The van der Waals surface area contributed by atoms with Gasteiger partial charge < -0.3 is 20.3 Å². The molecule has 1 fully saturated rings. The molecule has 0 bridgehead atoms. The van der Waals surface area contributed by atoms with Gasteiger partial charge in [0.1, 0.15) is 5.75 Å². The molecule has 0 spiro atoms. The Balaban J connectivity index is 2.25. The molecule has 3 N–H and O–H groups in total. The first-order chi connectivity index (χ1) is 8.96. The van der Waals surface area contributed by atoms with Gasteiger partial charge in [-0.3, -0.25) is 4.79 Å². The fourth-order valence-electron chi connectivity index (χ4n) is 2.04. The number of carbonyl (C=O) groups is 2. The maximum Gasteiger partial charge on any atom is 0.331 e. The van der Waals surface area contributed by atoms with E-state index in [9.17, 15) is 19.8 Å². The fraction of sp³-hybridized carbons (Fsp3) is 0.385. The normalized spacial score (nSPS) is 22.2. The van der Waals surface area contributed by atoms with Crippen LogP contribution in [0.3, 0.4) is 0 Å². The number of aromatic hydroxyl groups is 1. The number of nitrogens with one attached hydrogen (secondary N) is 1. The Kier molecular flexibility index (Phi) is 3.44. The van der Waals surface area contributed by atoms with Crippen molar-refractivity contribution in [3.8, 4) is 5.75 Å². The molecule has 6 heteroatoms. The third-order valence-electron chi connectivity index (χ3n) is 3.33. The van der Waals surface area contributed by atoms with Gasteiger partial charge in [0.15, 0.2) is 5.54 Å². The summed E-state index contributed by atoms with van der Waals surface area (Å²) in [6, 6.07) is 4.54. The van der Waals surface area contributed by atoms with Gasteiger partial charge in [0.05, 0.1) is 6.61 Å². The van der Waals surface area contributed by atoms with Crippen LogP contribution in [0.4, 0.5) is 0 Å². The van der Waals surface area contributed by atoms with E-state index in [1.807, 2.05) is 0 Å². The smallest absolute Gasteiger partial charge is 0.331 e. The van der Waals surface area contributed by atoms with Crippen molar-refractivity contribution in [2.75, 3.05) is 13.2 Å². The highest BCUT2D eigenvalue weighted by molar-refractivity contribution is 5.99. The molecule has 1 heterocycles. The van der Waals surface area contributed by atoms with Gasteiger partial charge in [-0.2, -0.15) is 0 Å². The van der Waals surface area contributed by atoms with Crippen molar-refractivity contribution in [2.45, 2.75) is 18.9 Å². The zero-order valence-electron chi connectivity index (χ0n) is 10.5. The minimum atomic E-state index is -1.38. The van der Waals surface area contributed by atoms with Crippen LogP contribution >= 0.6 is 0 Å². The molecule has 1 aliphatic heterocycles. The number of benzene rings is 1. The van der Waals surface area contributed by atoms with Crippen LogP contribution in [-0.2, 0) is 9.53 Å². The second-order valence-corrected chi connectivity index (χ2v) is 4.59. The van der Waals surface area contributed by atoms with Gasteiger partial charge in [0.2, 0.25) is 0 Å². The highest BCUT2D eigenvalue weighted by atomic mass is 16.5. The van der Waals surface area contributed by atoms with Crippen molar-refractivity contribution in [1.29, 1.82) is 0 Å². The average Bonchev–Trinajstić information content (AvgIpc) is 2.82. The molecular formula is C13H15NO5. The van der Waals surface area contributed by atoms with E-state index in [-0.39, 0.29) is 24.3 Å². The summed E-state index contributed by atoms with van der Waals surface area (Å²) in [5, 5.41) is 21.3. The van der Waals surface area contributed by atoms with E-state index in [0.717, 1.165) is 0 Å². The maximum atomic E-state index is 12.1. The van der Waals surface area contributed by atoms with Crippen molar-refractivity contribution < 1.29 is 24.5 Å². The number of hydrogen-bond donors (Lipinski definition) is 3. The summed E-state index contributed by atoms with van der Waals surface area (Å²) in [5.74, 6) is -1.64. The van der Waals surface area contributed by atoms with Crippen LogP contribution in [0.25, 0.3) is 0 Å². The summed E-state index contributed by atoms with van der Waals surface area (Å²) in [4.78, 5) is 23.4.